The number of hydrogen-bond acceptors (Lipinski definition) is 3. The maximum Gasteiger partial charge on any atom is 0.165 e. The van der Waals surface area contributed by atoms with Crippen LogP contribution >= 0.6 is 0 Å². The lowest BCUT2D eigenvalue weighted by Gasteiger charge is -2.14. The molecule has 2 aromatic carbocycles. The minimum atomic E-state index is -0.455. The van der Waals surface area contributed by atoms with Gasteiger partial charge in [-0.05, 0) is 12.1 Å². The summed E-state index contributed by atoms with van der Waals surface area (Å²) in [6.07, 6.45) is 0. The van der Waals surface area contributed by atoms with Gasteiger partial charge in [0.2, 0.25) is 0 Å². The molecule has 1 aliphatic heterocycles. The number of aliphatic hydroxyl groups is 1. The van der Waals surface area contributed by atoms with Gasteiger partial charge in [0.15, 0.2) is 11.6 Å². The van der Waals surface area contributed by atoms with Gasteiger partial charge in [-0.25, -0.2) is 4.39 Å². The summed E-state index contributed by atoms with van der Waals surface area (Å²) in [6.45, 7) is 0.609. The fourth-order valence-corrected chi connectivity index (χ4v) is 2.39. The highest BCUT2D eigenvalue weighted by atomic mass is 19.1. The minimum Gasteiger partial charge on any atom is -0.493 e. The zero-order valence-corrected chi connectivity index (χ0v) is 10.9. The Kier molecular flexibility index (Phi) is 3.56. The van der Waals surface area contributed by atoms with Gasteiger partial charge < -0.3 is 14.6 Å². The monoisotopic (exact) mass is 274 g/mol. The summed E-state index contributed by atoms with van der Waals surface area (Å²) in [4.78, 5) is 0. The molecule has 0 aliphatic carbocycles. The maximum atomic E-state index is 13.7. The Labute approximate surface area is 116 Å². The molecule has 1 heterocycles. The molecule has 0 saturated carbocycles. The summed E-state index contributed by atoms with van der Waals surface area (Å²) in [5, 5.41) is 9.22. The van der Waals surface area contributed by atoms with Crippen LogP contribution in [0, 0.1) is 5.82 Å². The summed E-state index contributed by atoms with van der Waals surface area (Å²) >= 11 is 0. The lowest BCUT2D eigenvalue weighted by molar-refractivity contribution is 0.228. The van der Waals surface area contributed by atoms with E-state index in [2.05, 4.69) is 0 Å². The van der Waals surface area contributed by atoms with Gasteiger partial charge >= 0.3 is 0 Å². The molecule has 1 N–H and O–H groups in total. The van der Waals surface area contributed by atoms with Crippen LogP contribution in [0.2, 0.25) is 0 Å². The fourth-order valence-electron chi connectivity index (χ4n) is 2.39. The minimum absolute atomic E-state index is 0.0809. The van der Waals surface area contributed by atoms with Gasteiger partial charge in [-0.2, -0.15) is 0 Å². The molecule has 0 spiro atoms. The van der Waals surface area contributed by atoms with Crippen LogP contribution in [0.5, 0.6) is 11.5 Å². The molecule has 0 bridgehead atoms. The van der Waals surface area contributed by atoms with Crippen LogP contribution in [0.4, 0.5) is 4.39 Å². The molecule has 104 valence electrons. The second kappa shape index (κ2) is 5.51. The molecule has 1 unspecified atom stereocenters. The first-order chi connectivity index (χ1) is 9.79. The van der Waals surface area contributed by atoms with Gasteiger partial charge in [-0.1, -0.05) is 30.3 Å². The maximum absolute atomic E-state index is 13.7. The van der Waals surface area contributed by atoms with E-state index in [0.717, 1.165) is 11.3 Å². The molecule has 0 radical (unpaired) electrons. The van der Waals surface area contributed by atoms with Crippen molar-refractivity contribution in [3.63, 3.8) is 0 Å². The summed E-state index contributed by atoms with van der Waals surface area (Å²) in [6, 6.07) is 12.3. The lowest BCUT2D eigenvalue weighted by Crippen LogP contribution is -2.13. The third-order valence-electron chi connectivity index (χ3n) is 3.45. The Morgan fingerprint density at radius 2 is 2.05 bits per heavy atom. The predicted octanol–water partition coefficient (Wildman–Crippen LogP) is 2.87. The standard InChI is InChI=1S/C16H15FO3/c17-14-6-3-4-11(8-18)16(14)20-10-12-9-19-15-7-2-1-5-13(12)15/h1-7,12,18H,8-10H2. The molecule has 3 nitrogen and oxygen atoms in total. The predicted molar refractivity (Wildman–Crippen MR) is 72.5 cm³/mol. The Morgan fingerprint density at radius 1 is 1.20 bits per heavy atom. The highest BCUT2D eigenvalue weighted by molar-refractivity contribution is 5.40. The van der Waals surface area contributed by atoms with Gasteiger partial charge in [-0.15, -0.1) is 0 Å². The largest absolute Gasteiger partial charge is 0.493 e. The van der Waals surface area contributed by atoms with Crippen LogP contribution in [0.25, 0.3) is 0 Å². The number of fused-ring (bicyclic) bond motifs is 1. The number of ether oxygens (including phenoxy) is 2. The van der Waals surface area contributed by atoms with Crippen LogP contribution in [0.3, 0.4) is 0 Å². The van der Waals surface area contributed by atoms with Crippen molar-refractivity contribution in [3.8, 4) is 11.5 Å². The molecule has 0 fully saturated rings. The van der Waals surface area contributed by atoms with E-state index < -0.39 is 5.82 Å². The van der Waals surface area contributed by atoms with Gasteiger partial charge in [-0.3, -0.25) is 0 Å². The molecule has 1 aliphatic rings. The second-order valence-electron chi connectivity index (χ2n) is 4.74. The average Bonchev–Trinajstić information content (AvgIpc) is 2.89. The van der Waals surface area contributed by atoms with Gasteiger partial charge in [0.1, 0.15) is 5.75 Å². The number of rotatable bonds is 4. The molecular weight excluding hydrogens is 259 g/mol. The van der Waals surface area contributed by atoms with Crippen molar-refractivity contribution >= 4 is 0 Å². The van der Waals surface area contributed by atoms with E-state index in [9.17, 15) is 9.50 Å². The zero-order valence-electron chi connectivity index (χ0n) is 10.9. The lowest BCUT2D eigenvalue weighted by atomic mass is 10.0. The molecule has 2 aromatic rings. The normalized spacial score (nSPS) is 16.6. The molecule has 0 saturated heterocycles. The molecule has 0 aromatic heterocycles. The molecule has 1 atom stereocenters. The van der Waals surface area contributed by atoms with Crippen LogP contribution < -0.4 is 9.47 Å². The molecule has 4 heteroatoms. The summed E-state index contributed by atoms with van der Waals surface area (Å²) in [5.74, 6) is 0.609. The van der Waals surface area contributed by atoms with Crippen molar-refractivity contribution in [2.75, 3.05) is 13.2 Å². The average molecular weight is 274 g/mol. The SMILES string of the molecule is OCc1cccc(F)c1OCC1COc2ccccc21. The Balaban J connectivity index is 1.75. The van der Waals surface area contributed by atoms with Crippen LogP contribution in [0.15, 0.2) is 42.5 Å². The van der Waals surface area contributed by atoms with Crippen LogP contribution in [-0.4, -0.2) is 18.3 Å². The van der Waals surface area contributed by atoms with E-state index in [-0.39, 0.29) is 18.3 Å². The Hall–Kier alpha value is -2.07. The van der Waals surface area contributed by atoms with E-state index in [4.69, 9.17) is 9.47 Å². The fraction of sp³-hybridized carbons (Fsp3) is 0.250. The summed E-state index contributed by atoms with van der Waals surface area (Å²) in [5.41, 5.74) is 1.53. The van der Waals surface area contributed by atoms with Gasteiger partial charge in [0.25, 0.3) is 0 Å². The van der Waals surface area contributed by atoms with E-state index in [1.54, 1.807) is 12.1 Å². The van der Waals surface area contributed by atoms with E-state index >= 15 is 0 Å². The highest BCUT2D eigenvalue weighted by Crippen LogP contribution is 2.34. The highest BCUT2D eigenvalue weighted by Gasteiger charge is 2.24. The van der Waals surface area contributed by atoms with E-state index in [1.165, 1.54) is 6.07 Å². The van der Waals surface area contributed by atoms with Crippen molar-refractivity contribution in [1.82, 2.24) is 0 Å². The van der Waals surface area contributed by atoms with Crippen LogP contribution in [-0.2, 0) is 6.61 Å². The van der Waals surface area contributed by atoms with Crippen molar-refractivity contribution in [2.24, 2.45) is 0 Å². The molecule has 3 rings (SSSR count). The smallest absolute Gasteiger partial charge is 0.165 e. The quantitative estimate of drug-likeness (QED) is 0.931. The first-order valence-electron chi connectivity index (χ1n) is 6.52. The molecule has 20 heavy (non-hydrogen) atoms. The topological polar surface area (TPSA) is 38.7 Å². The number of aliphatic hydroxyl groups excluding tert-OH is 1. The van der Waals surface area contributed by atoms with Crippen molar-refractivity contribution < 1.29 is 19.0 Å². The second-order valence-corrected chi connectivity index (χ2v) is 4.74. The van der Waals surface area contributed by atoms with E-state index in [1.807, 2.05) is 24.3 Å². The van der Waals surface area contributed by atoms with Gasteiger partial charge in [0, 0.05) is 11.1 Å². The van der Waals surface area contributed by atoms with Crippen molar-refractivity contribution in [3.05, 3.63) is 59.4 Å². The third-order valence-corrected chi connectivity index (χ3v) is 3.45. The number of halogens is 1. The number of para-hydroxylation sites is 2. The number of hydrogen-bond donors (Lipinski definition) is 1. The van der Waals surface area contributed by atoms with Crippen molar-refractivity contribution in [1.29, 1.82) is 0 Å². The Morgan fingerprint density at radius 3 is 2.90 bits per heavy atom. The molecule has 0 amide bonds. The van der Waals surface area contributed by atoms with Gasteiger partial charge in [0.05, 0.1) is 25.7 Å². The summed E-state index contributed by atoms with van der Waals surface area (Å²) in [7, 11) is 0. The van der Waals surface area contributed by atoms with Crippen molar-refractivity contribution in [2.45, 2.75) is 12.5 Å². The Bertz CT molecular complexity index is 612. The first kappa shape index (κ1) is 12.9. The third kappa shape index (κ3) is 2.34. The summed E-state index contributed by atoms with van der Waals surface area (Å²) < 4.78 is 24.9. The van der Waals surface area contributed by atoms with E-state index in [0.29, 0.717) is 18.8 Å². The van der Waals surface area contributed by atoms with Crippen LogP contribution in [0.1, 0.15) is 17.0 Å². The zero-order chi connectivity index (χ0) is 13.9. The first-order valence-corrected chi connectivity index (χ1v) is 6.52. The number of benzene rings is 2. The molecular formula is C16H15FO3.